The molecule has 9 atom stereocenters. The van der Waals surface area contributed by atoms with Crippen LogP contribution in [0.4, 0.5) is 0 Å². The number of carbonyl (C=O) groups excluding carboxylic acids is 3. The quantitative estimate of drug-likeness (QED) is 0.573. The van der Waals surface area contributed by atoms with Gasteiger partial charge in [-0.05, 0) is 25.8 Å². The third-order valence-corrected chi connectivity index (χ3v) is 8.07. The first-order chi connectivity index (χ1) is 12.1. The lowest BCUT2D eigenvalue weighted by molar-refractivity contribution is -0.204. The van der Waals surface area contributed by atoms with Crippen molar-refractivity contribution in [3.05, 3.63) is 11.6 Å². The third-order valence-electron chi connectivity index (χ3n) is 8.07. The number of rotatable bonds is 0. The summed E-state index contributed by atoms with van der Waals surface area (Å²) in [6, 6.07) is 0. The van der Waals surface area contributed by atoms with Gasteiger partial charge in [0.05, 0.1) is 18.1 Å². The highest BCUT2D eigenvalue weighted by molar-refractivity contribution is 5.99. The molecule has 0 radical (unpaired) electrons. The maximum Gasteiger partial charge on any atom is 0.313 e. The van der Waals surface area contributed by atoms with Crippen molar-refractivity contribution in [3.63, 3.8) is 0 Å². The fourth-order valence-corrected chi connectivity index (χ4v) is 6.98. The smallest absolute Gasteiger partial charge is 0.313 e. The number of ketones is 2. The van der Waals surface area contributed by atoms with Crippen LogP contribution in [0.5, 0.6) is 0 Å². The molecule has 5 aliphatic rings. The van der Waals surface area contributed by atoms with E-state index in [4.69, 9.17) is 9.47 Å². The summed E-state index contributed by atoms with van der Waals surface area (Å²) < 4.78 is 11.4. The Morgan fingerprint density at radius 1 is 1.19 bits per heavy atom. The molecule has 5 rings (SSSR count). The summed E-state index contributed by atoms with van der Waals surface area (Å²) in [7, 11) is 0. The van der Waals surface area contributed by atoms with E-state index < -0.39 is 58.3 Å². The van der Waals surface area contributed by atoms with Gasteiger partial charge >= 0.3 is 5.97 Å². The van der Waals surface area contributed by atoms with Crippen LogP contribution in [0.15, 0.2) is 11.6 Å². The van der Waals surface area contributed by atoms with E-state index in [1.165, 1.54) is 6.08 Å². The standard InChI is InChI=1S/C19H22O7/c1-7-4-9(20)14(23)17(2)8(7)5-10(21)19-6-25-18(3)13(19)16(24)26-15(18)11(22)12(17)19/h4,8,11-15,22-23H,5-6H2,1-3H3/t8-,11+,12-,13-,14+,15-,17-,18-,19+/m0/s1. The fraction of sp³-hybridized carbons (Fsp3) is 0.737. The zero-order chi connectivity index (χ0) is 18.8. The molecular weight excluding hydrogens is 340 g/mol. The fourth-order valence-electron chi connectivity index (χ4n) is 6.98. The van der Waals surface area contributed by atoms with Gasteiger partial charge in [-0.15, -0.1) is 0 Å². The van der Waals surface area contributed by atoms with E-state index in [2.05, 4.69) is 0 Å². The van der Waals surface area contributed by atoms with Crippen molar-refractivity contribution in [2.24, 2.45) is 28.6 Å². The van der Waals surface area contributed by atoms with E-state index in [9.17, 15) is 24.6 Å². The highest BCUT2D eigenvalue weighted by atomic mass is 16.6. The van der Waals surface area contributed by atoms with Crippen molar-refractivity contribution in [3.8, 4) is 0 Å². The second-order valence-corrected chi connectivity index (χ2v) is 9.01. The number of fused-ring (bicyclic) bond motifs is 2. The molecule has 0 aromatic rings. The number of ether oxygens (including phenoxy) is 2. The van der Waals surface area contributed by atoms with Gasteiger partial charge in [0.2, 0.25) is 0 Å². The Morgan fingerprint density at radius 2 is 1.88 bits per heavy atom. The lowest BCUT2D eigenvalue weighted by Crippen LogP contribution is -2.72. The van der Waals surface area contributed by atoms with E-state index in [1.807, 2.05) is 0 Å². The van der Waals surface area contributed by atoms with E-state index in [0.717, 1.165) is 5.57 Å². The number of carbonyl (C=O) groups is 3. The van der Waals surface area contributed by atoms with Gasteiger partial charge in [0, 0.05) is 17.8 Å². The molecule has 0 aromatic carbocycles. The molecule has 7 heteroatoms. The van der Waals surface area contributed by atoms with Crippen LogP contribution >= 0.6 is 0 Å². The number of esters is 1. The minimum atomic E-state index is -1.35. The van der Waals surface area contributed by atoms with Crippen LogP contribution in [0.2, 0.25) is 0 Å². The molecule has 2 heterocycles. The average Bonchev–Trinajstić information content (AvgIpc) is 2.94. The van der Waals surface area contributed by atoms with Crippen LogP contribution in [0.1, 0.15) is 27.2 Å². The van der Waals surface area contributed by atoms with Gasteiger partial charge in [0.1, 0.15) is 23.4 Å². The molecular formula is C19H22O7. The van der Waals surface area contributed by atoms with Gasteiger partial charge in [0.25, 0.3) is 0 Å². The van der Waals surface area contributed by atoms with Crippen LogP contribution < -0.4 is 0 Å². The minimum Gasteiger partial charge on any atom is -0.456 e. The van der Waals surface area contributed by atoms with Crippen molar-refractivity contribution < 1.29 is 34.1 Å². The van der Waals surface area contributed by atoms with Crippen LogP contribution in [-0.4, -0.2) is 58.3 Å². The largest absolute Gasteiger partial charge is 0.456 e. The zero-order valence-corrected chi connectivity index (χ0v) is 14.9. The Kier molecular flexibility index (Phi) is 2.84. The summed E-state index contributed by atoms with van der Waals surface area (Å²) >= 11 is 0. The molecule has 26 heavy (non-hydrogen) atoms. The monoisotopic (exact) mass is 362 g/mol. The van der Waals surface area contributed by atoms with E-state index in [0.29, 0.717) is 0 Å². The number of hydrogen-bond acceptors (Lipinski definition) is 7. The average molecular weight is 362 g/mol. The SMILES string of the molecule is CC1=CC(=O)[C@@H](O)[C@]2(C)[C@@H]3[C@@H](O)[C@@H]4OC(=O)[C@H]5[C@]4(C)OC[C@@]35C(=O)C[C@@H]12. The van der Waals surface area contributed by atoms with Crippen molar-refractivity contribution >= 4 is 17.5 Å². The van der Waals surface area contributed by atoms with Crippen molar-refractivity contribution in [1.29, 1.82) is 0 Å². The first-order valence-electron chi connectivity index (χ1n) is 9.06. The molecule has 2 saturated carbocycles. The van der Waals surface area contributed by atoms with Gasteiger partial charge in [-0.3, -0.25) is 14.4 Å². The van der Waals surface area contributed by atoms with Crippen LogP contribution in [0, 0.1) is 28.6 Å². The van der Waals surface area contributed by atoms with Gasteiger partial charge in [-0.25, -0.2) is 0 Å². The third kappa shape index (κ3) is 1.41. The minimum absolute atomic E-state index is 0.00626. The Morgan fingerprint density at radius 3 is 2.58 bits per heavy atom. The molecule has 2 aliphatic heterocycles. The van der Waals surface area contributed by atoms with Crippen molar-refractivity contribution in [2.75, 3.05) is 6.61 Å². The molecule has 3 aliphatic carbocycles. The van der Waals surface area contributed by atoms with Gasteiger partial charge in [-0.2, -0.15) is 0 Å². The lowest BCUT2D eigenvalue weighted by atomic mass is 9.40. The summed E-state index contributed by atoms with van der Waals surface area (Å²) in [6.45, 7) is 5.24. The van der Waals surface area contributed by atoms with Crippen molar-refractivity contribution in [2.45, 2.75) is 51.1 Å². The summed E-state index contributed by atoms with van der Waals surface area (Å²) in [5.41, 5.74) is -2.66. The molecule has 4 fully saturated rings. The normalized spacial score (nSPS) is 57.4. The topological polar surface area (TPSA) is 110 Å². The molecule has 7 nitrogen and oxygen atoms in total. The zero-order valence-electron chi connectivity index (χ0n) is 14.9. The molecule has 0 unspecified atom stereocenters. The maximum absolute atomic E-state index is 13.4. The number of aliphatic hydroxyl groups excluding tert-OH is 2. The predicted octanol–water partition coefficient (Wildman–Crippen LogP) is -0.221. The molecule has 0 amide bonds. The van der Waals surface area contributed by atoms with E-state index in [1.54, 1.807) is 20.8 Å². The molecule has 140 valence electrons. The number of hydrogen-bond donors (Lipinski definition) is 2. The maximum atomic E-state index is 13.4. The number of allylic oxidation sites excluding steroid dienone is 1. The Hall–Kier alpha value is -1.57. The molecule has 1 spiro atoms. The number of Topliss-reactive ketones (excluding diaryl/α,β-unsaturated/α-hetero) is 1. The van der Waals surface area contributed by atoms with Crippen molar-refractivity contribution in [1.82, 2.24) is 0 Å². The second-order valence-electron chi connectivity index (χ2n) is 9.01. The highest BCUT2D eigenvalue weighted by Gasteiger charge is 2.83. The highest BCUT2D eigenvalue weighted by Crippen LogP contribution is 2.70. The predicted molar refractivity (Wildman–Crippen MR) is 85.6 cm³/mol. The number of aliphatic hydroxyl groups is 2. The van der Waals surface area contributed by atoms with Crippen LogP contribution in [0.3, 0.4) is 0 Å². The summed E-state index contributed by atoms with van der Waals surface area (Å²) in [5, 5.41) is 22.1. The first kappa shape index (κ1) is 16.6. The Bertz CT molecular complexity index is 802. The summed E-state index contributed by atoms with van der Waals surface area (Å²) in [6.07, 6.45) is -1.93. The molecule has 2 saturated heterocycles. The van der Waals surface area contributed by atoms with Gasteiger partial charge < -0.3 is 19.7 Å². The Labute approximate surface area is 150 Å². The molecule has 0 aromatic heterocycles. The van der Waals surface area contributed by atoms with Gasteiger partial charge in [-0.1, -0.05) is 12.5 Å². The van der Waals surface area contributed by atoms with Crippen LogP contribution in [0.25, 0.3) is 0 Å². The molecule has 4 bridgehead atoms. The lowest BCUT2D eigenvalue weighted by Gasteiger charge is -2.61. The van der Waals surface area contributed by atoms with E-state index >= 15 is 0 Å². The van der Waals surface area contributed by atoms with E-state index in [-0.39, 0.29) is 24.7 Å². The van der Waals surface area contributed by atoms with Crippen LogP contribution in [-0.2, 0) is 23.9 Å². The summed E-state index contributed by atoms with van der Waals surface area (Å²) in [5.74, 6) is -3.08. The second kappa shape index (κ2) is 4.46. The first-order valence-corrected chi connectivity index (χ1v) is 9.06. The molecule has 2 N–H and O–H groups in total. The Balaban J connectivity index is 1.78. The van der Waals surface area contributed by atoms with Gasteiger partial charge in [0.15, 0.2) is 11.9 Å². The summed E-state index contributed by atoms with van der Waals surface area (Å²) in [4.78, 5) is 38.4.